The van der Waals surface area contributed by atoms with E-state index in [4.69, 9.17) is 4.42 Å². The van der Waals surface area contributed by atoms with Crippen molar-refractivity contribution in [3.8, 4) is 16.5 Å². The van der Waals surface area contributed by atoms with E-state index in [1.807, 2.05) is 30.3 Å². The van der Waals surface area contributed by atoms with Crippen molar-refractivity contribution in [3.63, 3.8) is 0 Å². The molecular formula is C16H10N2O2S. The van der Waals surface area contributed by atoms with Gasteiger partial charge in [-0.2, -0.15) is 5.26 Å². The van der Waals surface area contributed by atoms with Crippen LogP contribution in [0.4, 0.5) is 5.00 Å². The highest BCUT2D eigenvalue weighted by Crippen LogP contribution is 2.35. The van der Waals surface area contributed by atoms with Gasteiger partial charge < -0.3 is 9.73 Å². The molecule has 3 rings (SSSR count). The van der Waals surface area contributed by atoms with Crippen LogP contribution in [0.2, 0.25) is 0 Å². The maximum absolute atomic E-state index is 12.0. The highest BCUT2D eigenvalue weighted by atomic mass is 32.1. The zero-order chi connectivity index (χ0) is 14.7. The molecule has 0 spiro atoms. The number of thiophene rings is 1. The maximum atomic E-state index is 12.0. The summed E-state index contributed by atoms with van der Waals surface area (Å²) >= 11 is 1.37. The number of nitrogens with one attached hydrogen (secondary N) is 1. The summed E-state index contributed by atoms with van der Waals surface area (Å²) in [5.74, 6) is -0.147. The fourth-order valence-electron chi connectivity index (χ4n) is 1.88. The molecule has 0 aliphatic carbocycles. The van der Waals surface area contributed by atoms with E-state index in [2.05, 4.69) is 11.4 Å². The minimum Gasteiger partial charge on any atom is -0.459 e. The molecule has 0 bridgehead atoms. The number of carbonyl (C=O) groups is 1. The molecule has 0 fully saturated rings. The van der Waals surface area contributed by atoms with Gasteiger partial charge in [0.2, 0.25) is 0 Å². The Morgan fingerprint density at radius 2 is 2.00 bits per heavy atom. The Hall–Kier alpha value is -2.84. The van der Waals surface area contributed by atoms with Crippen LogP contribution in [-0.2, 0) is 0 Å². The summed E-state index contributed by atoms with van der Waals surface area (Å²) < 4.78 is 5.04. The molecule has 0 unspecified atom stereocenters. The highest BCUT2D eigenvalue weighted by Gasteiger charge is 2.15. The van der Waals surface area contributed by atoms with Crippen LogP contribution >= 0.6 is 11.3 Å². The number of hydrogen-bond acceptors (Lipinski definition) is 4. The lowest BCUT2D eigenvalue weighted by molar-refractivity contribution is 0.0997. The summed E-state index contributed by atoms with van der Waals surface area (Å²) in [5.41, 5.74) is 1.45. The fraction of sp³-hybridized carbons (Fsp3) is 0. The summed E-state index contributed by atoms with van der Waals surface area (Å²) in [6, 6.07) is 16.8. The van der Waals surface area contributed by atoms with Crippen molar-refractivity contribution in [1.29, 1.82) is 5.26 Å². The van der Waals surface area contributed by atoms with E-state index in [-0.39, 0.29) is 11.7 Å². The molecule has 102 valence electrons. The first kappa shape index (κ1) is 13.2. The average molecular weight is 294 g/mol. The lowest BCUT2D eigenvalue weighted by Gasteiger charge is -1.99. The lowest BCUT2D eigenvalue weighted by Crippen LogP contribution is -2.10. The monoisotopic (exact) mass is 294 g/mol. The Morgan fingerprint density at radius 3 is 2.67 bits per heavy atom. The van der Waals surface area contributed by atoms with Crippen molar-refractivity contribution in [2.24, 2.45) is 0 Å². The molecule has 0 saturated heterocycles. The number of carbonyl (C=O) groups excluding carboxylic acids is 1. The standard InChI is InChI=1S/C16H10N2O2S/c17-10-12-9-14(11-5-2-1-3-6-11)21-16(12)18-15(19)13-7-4-8-20-13/h1-9H,(H,18,19). The van der Waals surface area contributed by atoms with E-state index >= 15 is 0 Å². The fourth-order valence-corrected chi connectivity index (χ4v) is 2.89. The number of nitrogens with zero attached hydrogens (tertiary/aromatic N) is 1. The van der Waals surface area contributed by atoms with E-state index in [0.29, 0.717) is 10.6 Å². The van der Waals surface area contributed by atoms with Crippen molar-refractivity contribution in [2.75, 3.05) is 5.32 Å². The van der Waals surface area contributed by atoms with Crippen molar-refractivity contribution in [1.82, 2.24) is 0 Å². The molecule has 4 nitrogen and oxygen atoms in total. The minimum absolute atomic E-state index is 0.216. The van der Waals surface area contributed by atoms with Crippen LogP contribution < -0.4 is 5.32 Å². The number of hydrogen-bond donors (Lipinski definition) is 1. The summed E-state index contributed by atoms with van der Waals surface area (Å²) in [5, 5.41) is 12.4. The zero-order valence-electron chi connectivity index (χ0n) is 10.9. The Balaban J connectivity index is 1.91. The summed E-state index contributed by atoms with van der Waals surface area (Å²) in [6.07, 6.45) is 1.43. The third-order valence-electron chi connectivity index (χ3n) is 2.88. The van der Waals surface area contributed by atoms with Crippen molar-refractivity contribution >= 4 is 22.2 Å². The van der Waals surface area contributed by atoms with Crippen LogP contribution in [0.3, 0.4) is 0 Å². The van der Waals surface area contributed by atoms with Crippen LogP contribution in [0.1, 0.15) is 16.1 Å². The molecule has 1 amide bonds. The second-order valence-electron chi connectivity index (χ2n) is 4.26. The van der Waals surface area contributed by atoms with E-state index < -0.39 is 0 Å². The predicted molar refractivity (Wildman–Crippen MR) is 81.1 cm³/mol. The second kappa shape index (κ2) is 5.65. The first-order valence-electron chi connectivity index (χ1n) is 6.22. The van der Waals surface area contributed by atoms with Crippen molar-refractivity contribution in [2.45, 2.75) is 0 Å². The molecule has 21 heavy (non-hydrogen) atoms. The molecule has 5 heteroatoms. The molecule has 3 aromatic rings. The molecule has 2 aromatic heterocycles. The maximum Gasteiger partial charge on any atom is 0.291 e. The molecule has 2 heterocycles. The van der Waals surface area contributed by atoms with Gasteiger partial charge in [0, 0.05) is 4.88 Å². The second-order valence-corrected chi connectivity index (χ2v) is 5.31. The first-order chi connectivity index (χ1) is 10.3. The van der Waals surface area contributed by atoms with Crippen molar-refractivity contribution in [3.05, 3.63) is 66.1 Å². The molecule has 0 aliphatic rings. The molecular weight excluding hydrogens is 284 g/mol. The van der Waals surface area contributed by atoms with Crippen LogP contribution in [0.15, 0.2) is 59.2 Å². The summed E-state index contributed by atoms with van der Waals surface area (Å²) in [6.45, 7) is 0. The average Bonchev–Trinajstić information content (AvgIpc) is 3.17. The van der Waals surface area contributed by atoms with Gasteiger partial charge in [0.15, 0.2) is 5.76 Å². The Morgan fingerprint density at radius 1 is 1.19 bits per heavy atom. The van der Waals surface area contributed by atoms with Gasteiger partial charge in [0.25, 0.3) is 5.91 Å². The van der Waals surface area contributed by atoms with Gasteiger partial charge in [-0.15, -0.1) is 11.3 Å². The molecule has 1 N–H and O–H groups in total. The normalized spacial score (nSPS) is 10.0. The highest BCUT2D eigenvalue weighted by molar-refractivity contribution is 7.19. The van der Waals surface area contributed by atoms with Crippen LogP contribution in [0, 0.1) is 11.3 Å². The van der Waals surface area contributed by atoms with Crippen molar-refractivity contribution < 1.29 is 9.21 Å². The molecule has 0 atom stereocenters. The van der Waals surface area contributed by atoms with Gasteiger partial charge in [0.05, 0.1) is 11.8 Å². The van der Waals surface area contributed by atoms with Crippen LogP contribution in [0.25, 0.3) is 10.4 Å². The Kier molecular flexibility index (Phi) is 3.54. The third-order valence-corrected chi connectivity index (χ3v) is 3.98. The summed E-state index contributed by atoms with van der Waals surface area (Å²) in [7, 11) is 0. The van der Waals surface area contributed by atoms with E-state index in [1.165, 1.54) is 17.6 Å². The number of benzene rings is 1. The van der Waals surface area contributed by atoms with Crippen LogP contribution in [0.5, 0.6) is 0 Å². The smallest absolute Gasteiger partial charge is 0.291 e. The first-order valence-corrected chi connectivity index (χ1v) is 7.04. The van der Waals surface area contributed by atoms with E-state index in [1.54, 1.807) is 18.2 Å². The van der Waals surface area contributed by atoms with E-state index in [0.717, 1.165) is 10.4 Å². The largest absolute Gasteiger partial charge is 0.459 e. The topological polar surface area (TPSA) is 66.0 Å². The SMILES string of the molecule is N#Cc1cc(-c2ccccc2)sc1NC(=O)c1ccco1. The number of nitriles is 1. The van der Waals surface area contributed by atoms with Gasteiger partial charge in [-0.05, 0) is 23.8 Å². The number of rotatable bonds is 3. The third kappa shape index (κ3) is 2.71. The van der Waals surface area contributed by atoms with Gasteiger partial charge in [-0.25, -0.2) is 0 Å². The van der Waals surface area contributed by atoms with E-state index in [9.17, 15) is 10.1 Å². The number of anilines is 1. The minimum atomic E-state index is -0.363. The summed E-state index contributed by atoms with van der Waals surface area (Å²) in [4.78, 5) is 12.9. The lowest BCUT2D eigenvalue weighted by atomic mass is 10.2. The number of furan rings is 1. The van der Waals surface area contributed by atoms with Gasteiger partial charge in [-0.3, -0.25) is 4.79 Å². The quantitative estimate of drug-likeness (QED) is 0.789. The molecule has 1 aromatic carbocycles. The number of amides is 1. The molecule has 0 radical (unpaired) electrons. The predicted octanol–water partition coefficient (Wildman–Crippen LogP) is 4.13. The molecule has 0 aliphatic heterocycles. The van der Waals surface area contributed by atoms with Crippen LogP contribution in [-0.4, -0.2) is 5.91 Å². The molecule has 0 saturated carbocycles. The zero-order valence-corrected chi connectivity index (χ0v) is 11.7. The van der Waals surface area contributed by atoms with Gasteiger partial charge in [0.1, 0.15) is 11.1 Å². The Labute approximate surface area is 125 Å². The van der Waals surface area contributed by atoms with Gasteiger partial charge in [-0.1, -0.05) is 30.3 Å². The van der Waals surface area contributed by atoms with Gasteiger partial charge >= 0.3 is 0 Å². The Bertz CT molecular complexity index is 799.